The molecule has 0 spiro atoms. The Kier molecular flexibility index (Phi) is 4.17. The molecule has 0 aliphatic rings. The third-order valence-corrected chi connectivity index (χ3v) is 2.94. The highest BCUT2D eigenvalue weighted by Crippen LogP contribution is 2.23. The van der Waals surface area contributed by atoms with Crippen molar-refractivity contribution in [2.24, 2.45) is 0 Å². The van der Waals surface area contributed by atoms with Gasteiger partial charge in [-0.1, -0.05) is 29.3 Å². The number of hydrogen-bond acceptors (Lipinski definition) is 2. The van der Waals surface area contributed by atoms with Crippen LogP contribution in [0.5, 0.6) is 0 Å². The maximum absolute atomic E-state index is 12.0. The molecule has 5 heteroatoms. The molecular formula is C13H9Cl2NOS. The quantitative estimate of drug-likeness (QED) is 0.783. The van der Waals surface area contributed by atoms with Gasteiger partial charge in [0, 0.05) is 26.2 Å². The number of halogens is 2. The van der Waals surface area contributed by atoms with Crippen molar-refractivity contribution in [1.29, 1.82) is 0 Å². The van der Waals surface area contributed by atoms with E-state index in [0.717, 1.165) is 4.90 Å². The van der Waals surface area contributed by atoms with Crippen molar-refractivity contribution in [2.45, 2.75) is 4.90 Å². The summed E-state index contributed by atoms with van der Waals surface area (Å²) in [5.74, 6) is -0.232. The van der Waals surface area contributed by atoms with Crippen LogP contribution in [0.1, 0.15) is 10.4 Å². The molecule has 0 atom stereocenters. The van der Waals surface area contributed by atoms with Crippen LogP contribution in [0.2, 0.25) is 10.0 Å². The zero-order valence-corrected chi connectivity index (χ0v) is 11.6. The molecule has 1 amide bonds. The largest absolute Gasteiger partial charge is 0.322 e. The lowest BCUT2D eigenvalue weighted by Crippen LogP contribution is -2.11. The molecular weight excluding hydrogens is 289 g/mol. The molecule has 0 bridgehead atoms. The molecule has 18 heavy (non-hydrogen) atoms. The zero-order valence-electron chi connectivity index (χ0n) is 9.15. The van der Waals surface area contributed by atoms with Crippen LogP contribution in [-0.2, 0) is 0 Å². The lowest BCUT2D eigenvalue weighted by molar-refractivity contribution is 0.102. The monoisotopic (exact) mass is 297 g/mol. The van der Waals surface area contributed by atoms with Crippen molar-refractivity contribution in [3.8, 4) is 0 Å². The van der Waals surface area contributed by atoms with Gasteiger partial charge in [-0.2, -0.15) is 0 Å². The van der Waals surface area contributed by atoms with E-state index in [2.05, 4.69) is 17.9 Å². The lowest BCUT2D eigenvalue weighted by atomic mass is 10.2. The molecule has 0 radical (unpaired) electrons. The van der Waals surface area contributed by atoms with Crippen molar-refractivity contribution in [2.75, 3.05) is 5.32 Å². The van der Waals surface area contributed by atoms with E-state index in [4.69, 9.17) is 23.2 Å². The van der Waals surface area contributed by atoms with E-state index >= 15 is 0 Å². The lowest BCUT2D eigenvalue weighted by Gasteiger charge is -2.06. The van der Waals surface area contributed by atoms with E-state index in [-0.39, 0.29) is 5.91 Å². The fourth-order valence-electron chi connectivity index (χ4n) is 1.48. The van der Waals surface area contributed by atoms with Crippen molar-refractivity contribution in [3.63, 3.8) is 0 Å². The molecule has 2 nitrogen and oxygen atoms in total. The van der Waals surface area contributed by atoms with Crippen LogP contribution in [0.15, 0.2) is 47.4 Å². The van der Waals surface area contributed by atoms with Crippen molar-refractivity contribution in [1.82, 2.24) is 0 Å². The number of rotatable bonds is 2. The van der Waals surface area contributed by atoms with Crippen molar-refractivity contribution < 1.29 is 4.79 Å². The summed E-state index contributed by atoms with van der Waals surface area (Å²) >= 11 is 15.9. The summed E-state index contributed by atoms with van der Waals surface area (Å²) in [5, 5.41) is 3.67. The average molecular weight is 298 g/mol. The van der Waals surface area contributed by atoms with E-state index in [1.54, 1.807) is 42.5 Å². The fourth-order valence-corrected chi connectivity index (χ4v) is 2.23. The highest BCUT2D eigenvalue weighted by Gasteiger charge is 2.07. The SMILES string of the molecule is O=C(Nc1cc(Cl)cc(Cl)c1)c1cccc(S)c1. The summed E-state index contributed by atoms with van der Waals surface area (Å²) in [5.41, 5.74) is 1.08. The Labute approximate surface area is 120 Å². The fraction of sp³-hybridized carbons (Fsp3) is 0. The summed E-state index contributed by atoms with van der Waals surface area (Å²) < 4.78 is 0. The Morgan fingerprint density at radius 3 is 2.33 bits per heavy atom. The summed E-state index contributed by atoms with van der Waals surface area (Å²) in [6.07, 6.45) is 0. The van der Waals surface area contributed by atoms with Crippen molar-refractivity contribution >= 4 is 47.4 Å². The number of hydrogen-bond donors (Lipinski definition) is 2. The van der Waals surface area contributed by atoms with Gasteiger partial charge in [-0.25, -0.2) is 0 Å². The standard InChI is InChI=1S/C13H9Cl2NOS/c14-9-5-10(15)7-11(6-9)16-13(17)8-2-1-3-12(18)4-8/h1-7,18H,(H,16,17). The Hall–Kier alpha value is -1.16. The number of thiol groups is 1. The molecule has 0 unspecified atom stereocenters. The average Bonchev–Trinajstić information content (AvgIpc) is 2.27. The van der Waals surface area contributed by atoms with Gasteiger partial charge in [0.25, 0.3) is 5.91 Å². The number of carbonyl (C=O) groups excluding carboxylic acids is 1. The van der Waals surface area contributed by atoms with Gasteiger partial charge in [0.15, 0.2) is 0 Å². The van der Waals surface area contributed by atoms with Crippen LogP contribution in [0, 0.1) is 0 Å². The van der Waals surface area contributed by atoms with Crippen LogP contribution < -0.4 is 5.32 Å². The predicted molar refractivity (Wildman–Crippen MR) is 78.1 cm³/mol. The molecule has 92 valence electrons. The number of amides is 1. The highest BCUT2D eigenvalue weighted by molar-refractivity contribution is 7.80. The summed E-state index contributed by atoms with van der Waals surface area (Å²) in [6, 6.07) is 11.8. The van der Waals surface area contributed by atoms with Gasteiger partial charge in [-0.05, 0) is 36.4 Å². The molecule has 1 N–H and O–H groups in total. The molecule has 2 aromatic carbocycles. The van der Waals surface area contributed by atoms with Gasteiger partial charge in [0.2, 0.25) is 0 Å². The van der Waals surface area contributed by atoms with Crippen LogP contribution in [-0.4, -0.2) is 5.91 Å². The van der Waals surface area contributed by atoms with Crippen LogP contribution in [0.3, 0.4) is 0 Å². The van der Waals surface area contributed by atoms with Gasteiger partial charge in [-0.3, -0.25) is 4.79 Å². The van der Waals surface area contributed by atoms with Crippen molar-refractivity contribution in [3.05, 3.63) is 58.1 Å². The van der Waals surface area contributed by atoms with E-state index in [0.29, 0.717) is 21.3 Å². The minimum Gasteiger partial charge on any atom is -0.322 e. The second-order valence-electron chi connectivity index (χ2n) is 3.66. The normalized spacial score (nSPS) is 10.2. The van der Waals surface area contributed by atoms with Gasteiger partial charge in [0.1, 0.15) is 0 Å². The molecule has 0 aliphatic heterocycles. The molecule has 0 aromatic heterocycles. The van der Waals surface area contributed by atoms with Gasteiger partial charge in [0.05, 0.1) is 0 Å². The first kappa shape index (κ1) is 13.3. The number of nitrogens with one attached hydrogen (secondary N) is 1. The van der Waals surface area contributed by atoms with Gasteiger partial charge in [-0.15, -0.1) is 12.6 Å². The number of carbonyl (C=O) groups is 1. The Balaban J connectivity index is 2.21. The highest BCUT2D eigenvalue weighted by atomic mass is 35.5. The maximum Gasteiger partial charge on any atom is 0.255 e. The topological polar surface area (TPSA) is 29.1 Å². The number of benzene rings is 2. The zero-order chi connectivity index (χ0) is 13.1. The molecule has 0 fully saturated rings. The molecule has 0 saturated carbocycles. The Bertz CT molecular complexity index is 581. The summed E-state index contributed by atoms with van der Waals surface area (Å²) in [6.45, 7) is 0. The van der Waals surface area contributed by atoms with E-state index < -0.39 is 0 Å². The molecule has 0 aliphatic carbocycles. The third kappa shape index (κ3) is 3.42. The molecule has 2 aromatic rings. The maximum atomic E-state index is 12.0. The van der Waals surface area contributed by atoms with Gasteiger partial charge < -0.3 is 5.32 Å². The Morgan fingerprint density at radius 1 is 1.06 bits per heavy atom. The van der Waals surface area contributed by atoms with Gasteiger partial charge >= 0.3 is 0 Å². The molecule has 2 rings (SSSR count). The second kappa shape index (κ2) is 5.65. The van der Waals surface area contributed by atoms with E-state index in [1.807, 2.05) is 0 Å². The number of anilines is 1. The summed E-state index contributed by atoms with van der Waals surface area (Å²) in [7, 11) is 0. The first-order valence-electron chi connectivity index (χ1n) is 5.11. The smallest absolute Gasteiger partial charge is 0.255 e. The first-order valence-corrected chi connectivity index (χ1v) is 6.31. The van der Waals surface area contributed by atoms with Crippen LogP contribution in [0.25, 0.3) is 0 Å². The first-order chi connectivity index (χ1) is 8.54. The third-order valence-electron chi connectivity index (χ3n) is 2.23. The second-order valence-corrected chi connectivity index (χ2v) is 5.05. The van der Waals surface area contributed by atoms with E-state index in [1.165, 1.54) is 0 Å². The van der Waals surface area contributed by atoms with E-state index in [9.17, 15) is 4.79 Å². The van der Waals surface area contributed by atoms with Crippen LogP contribution in [0.4, 0.5) is 5.69 Å². The minimum atomic E-state index is -0.232. The summed E-state index contributed by atoms with van der Waals surface area (Å²) in [4.78, 5) is 12.7. The van der Waals surface area contributed by atoms with Crippen LogP contribution >= 0.6 is 35.8 Å². The minimum absolute atomic E-state index is 0.232. The Morgan fingerprint density at radius 2 is 1.72 bits per heavy atom. The molecule has 0 heterocycles. The predicted octanol–water partition coefficient (Wildman–Crippen LogP) is 4.53. The molecule has 0 saturated heterocycles.